The first-order valence-corrected chi connectivity index (χ1v) is 8.58. The van der Waals surface area contributed by atoms with E-state index in [0.717, 1.165) is 22.4 Å². The van der Waals surface area contributed by atoms with Crippen LogP contribution in [0.1, 0.15) is 18.0 Å². The zero-order chi connectivity index (χ0) is 17.5. The average Bonchev–Trinajstić information content (AvgIpc) is 3.38. The van der Waals surface area contributed by atoms with Crippen LogP contribution in [0.3, 0.4) is 0 Å². The van der Waals surface area contributed by atoms with Gasteiger partial charge in [-0.15, -0.1) is 0 Å². The molecule has 2 aromatic carbocycles. The Morgan fingerprint density at radius 1 is 1.23 bits per heavy atom. The maximum atomic E-state index is 9.71. The minimum absolute atomic E-state index is 0.110. The second kappa shape index (κ2) is 5.78. The van der Waals surface area contributed by atoms with Gasteiger partial charge in [-0.3, -0.25) is 0 Å². The van der Waals surface area contributed by atoms with Crippen molar-refractivity contribution in [2.75, 3.05) is 5.32 Å². The number of fused-ring (bicyclic) bond motifs is 4. The Morgan fingerprint density at radius 3 is 3.08 bits per heavy atom. The second-order valence-corrected chi connectivity index (χ2v) is 6.52. The van der Waals surface area contributed by atoms with Crippen LogP contribution in [-0.4, -0.2) is 15.6 Å². The SMILES string of the molecule is N#CC(CC1c2ccccc2-c2cncn21)Nc1ccc2occc2c1. The van der Waals surface area contributed by atoms with Gasteiger partial charge in [-0.1, -0.05) is 24.3 Å². The summed E-state index contributed by atoms with van der Waals surface area (Å²) in [5, 5.41) is 14.1. The van der Waals surface area contributed by atoms with E-state index in [1.807, 2.05) is 48.9 Å². The summed E-state index contributed by atoms with van der Waals surface area (Å²) >= 11 is 0. The largest absolute Gasteiger partial charge is 0.464 e. The molecule has 3 heterocycles. The molecule has 126 valence electrons. The molecule has 26 heavy (non-hydrogen) atoms. The van der Waals surface area contributed by atoms with Gasteiger partial charge in [-0.2, -0.15) is 5.26 Å². The highest BCUT2D eigenvalue weighted by molar-refractivity contribution is 5.81. The first kappa shape index (κ1) is 14.8. The van der Waals surface area contributed by atoms with Crippen LogP contribution in [0.4, 0.5) is 5.69 Å². The lowest BCUT2D eigenvalue weighted by Crippen LogP contribution is -2.22. The number of benzene rings is 2. The topological polar surface area (TPSA) is 66.8 Å². The van der Waals surface area contributed by atoms with Crippen molar-refractivity contribution in [2.45, 2.75) is 18.5 Å². The van der Waals surface area contributed by atoms with E-state index in [0.29, 0.717) is 6.42 Å². The van der Waals surface area contributed by atoms with Gasteiger partial charge in [0.1, 0.15) is 11.6 Å². The van der Waals surface area contributed by atoms with E-state index in [2.05, 4.69) is 33.1 Å². The van der Waals surface area contributed by atoms with Crippen molar-refractivity contribution < 1.29 is 4.42 Å². The van der Waals surface area contributed by atoms with Crippen molar-refractivity contribution in [1.82, 2.24) is 9.55 Å². The molecular weight excluding hydrogens is 324 g/mol. The Kier molecular flexibility index (Phi) is 3.29. The van der Waals surface area contributed by atoms with E-state index < -0.39 is 0 Å². The first-order chi connectivity index (χ1) is 12.8. The van der Waals surface area contributed by atoms with Crippen molar-refractivity contribution in [3.63, 3.8) is 0 Å². The molecule has 0 radical (unpaired) electrons. The number of nitriles is 1. The van der Waals surface area contributed by atoms with E-state index in [4.69, 9.17) is 4.42 Å². The second-order valence-electron chi connectivity index (χ2n) is 6.52. The van der Waals surface area contributed by atoms with Crippen LogP contribution >= 0.6 is 0 Å². The Morgan fingerprint density at radius 2 is 2.15 bits per heavy atom. The zero-order valence-electron chi connectivity index (χ0n) is 14.0. The third kappa shape index (κ3) is 2.27. The fourth-order valence-electron chi connectivity index (χ4n) is 3.80. The number of hydrogen-bond donors (Lipinski definition) is 1. The van der Waals surface area contributed by atoms with Crippen molar-refractivity contribution in [1.29, 1.82) is 5.26 Å². The molecule has 1 N–H and O–H groups in total. The first-order valence-electron chi connectivity index (χ1n) is 8.58. The van der Waals surface area contributed by atoms with Gasteiger partial charge < -0.3 is 14.3 Å². The molecule has 0 saturated heterocycles. The van der Waals surface area contributed by atoms with Crippen molar-refractivity contribution in [3.05, 3.63) is 72.9 Å². The van der Waals surface area contributed by atoms with Crippen LogP contribution in [-0.2, 0) is 0 Å². The summed E-state index contributed by atoms with van der Waals surface area (Å²) in [5.74, 6) is 0. The Labute approximate surface area is 150 Å². The standard InChI is InChI=1S/C21H16N4O/c22-11-16(24-15-5-6-21-14(9-15)7-8-26-21)10-19-17-3-1-2-4-18(17)20-12-23-13-25(19)20/h1-9,12-13,16,19,24H,10H2. The van der Waals surface area contributed by atoms with Gasteiger partial charge in [-0.05, 0) is 29.8 Å². The molecule has 2 unspecified atom stereocenters. The summed E-state index contributed by atoms with van der Waals surface area (Å²) in [6, 6.07) is 18.3. The molecule has 2 atom stereocenters. The molecule has 5 nitrogen and oxygen atoms in total. The quantitative estimate of drug-likeness (QED) is 0.590. The van der Waals surface area contributed by atoms with Gasteiger partial charge in [0, 0.05) is 23.1 Å². The predicted octanol–water partition coefficient (Wildman–Crippen LogP) is 4.59. The fraction of sp³-hybridized carbons (Fsp3) is 0.143. The van der Waals surface area contributed by atoms with Gasteiger partial charge in [0.2, 0.25) is 0 Å². The number of hydrogen-bond acceptors (Lipinski definition) is 4. The maximum absolute atomic E-state index is 9.71. The number of imidazole rings is 1. The average molecular weight is 340 g/mol. The van der Waals surface area contributed by atoms with Crippen LogP contribution < -0.4 is 5.32 Å². The van der Waals surface area contributed by atoms with Crippen LogP contribution in [0.2, 0.25) is 0 Å². The Bertz CT molecular complexity index is 1130. The van der Waals surface area contributed by atoms with Gasteiger partial charge >= 0.3 is 0 Å². The molecule has 0 saturated carbocycles. The van der Waals surface area contributed by atoms with E-state index >= 15 is 0 Å². The fourth-order valence-corrected chi connectivity index (χ4v) is 3.80. The molecule has 0 amide bonds. The highest BCUT2D eigenvalue weighted by Gasteiger charge is 2.30. The lowest BCUT2D eigenvalue weighted by molar-refractivity contribution is 0.548. The molecule has 0 bridgehead atoms. The van der Waals surface area contributed by atoms with Crippen LogP contribution in [0.25, 0.3) is 22.2 Å². The van der Waals surface area contributed by atoms with Gasteiger partial charge in [0.05, 0.1) is 36.6 Å². The minimum atomic E-state index is -0.314. The molecule has 0 spiro atoms. The molecule has 1 aliphatic rings. The van der Waals surface area contributed by atoms with Crippen LogP contribution in [0.15, 0.2) is 71.7 Å². The lowest BCUT2D eigenvalue weighted by Gasteiger charge is -2.20. The number of aromatic nitrogens is 2. The molecule has 2 aromatic heterocycles. The van der Waals surface area contributed by atoms with Gasteiger partial charge in [0.15, 0.2) is 0 Å². The molecule has 0 fully saturated rings. The number of nitrogens with one attached hydrogen (secondary N) is 1. The van der Waals surface area contributed by atoms with Gasteiger partial charge in [-0.25, -0.2) is 4.98 Å². The third-order valence-electron chi connectivity index (χ3n) is 5.01. The highest BCUT2D eigenvalue weighted by atomic mass is 16.3. The monoisotopic (exact) mass is 340 g/mol. The highest BCUT2D eigenvalue weighted by Crippen LogP contribution is 2.41. The Hall–Kier alpha value is -3.52. The molecule has 4 aromatic rings. The summed E-state index contributed by atoms with van der Waals surface area (Å²) in [6.07, 6.45) is 6.08. The molecule has 1 aliphatic heterocycles. The van der Waals surface area contributed by atoms with E-state index in [1.54, 1.807) is 6.26 Å². The number of anilines is 1. The van der Waals surface area contributed by atoms with Crippen molar-refractivity contribution >= 4 is 16.7 Å². The smallest absolute Gasteiger partial charge is 0.133 e. The lowest BCUT2D eigenvalue weighted by atomic mass is 9.98. The Balaban J connectivity index is 1.43. The predicted molar refractivity (Wildman–Crippen MR) is 99.7 cm³/mol. The summed E-state index contributed by atoms with van der Waals surface area (Å²) in [7, 11) is 0. The summed E-state index contributed by atoms with van der Waals surface area (Å²) in [5.41, 5.74) is 5.32. The molecule has 5 rings (SSSR count). The summed E-state index contributed by atoms with van der Waals surface area (Å²) < 4.78 is 7.54. The summed E-state index contributed by atoms with van der Waals surface area (Å²) in [4.78, 5) is 4.29. The third-order valence-corrected chi connectivity index (χ3v) is 5.01. The maximum Gasteiger partial charge on any atom is 0.133 e. The van der Waals surface area contributed by atoms with E-state index in [9.17, 15) is 5.26 Å². The number of furan rings is 1. The molecule has 5 heteroatoms. The van der Waals surface area contributed by atoms with Crippen LogP contribution in [0.5, 0.6) is 0 Å². The van der Waals surface area contributed by atoms with Gasteiger partial charge in [0.25, 0.3) is 0 Å². The van der Waals surface area contributed by atoms with Crippen molar-refractivity contribution in [3.8, 4) is 17.3 Å². The minimum Gasteiger partial charge on any atom is -0.464 e. The molecular formula is C21H16N4O. The number of rotatable bonds is 4. The number of nitrogens with zero attached hydrogens (tertiary/aromatic N) is 3. The zero-order valence-corrected chi connectivity index (χ0v) is 14.0. The van der Waals surface area contributed by atoms with Crippen LogP contribution in [0, 0.1) is 11.3 Å². The van der Waals surface area contributed by atoms with E-state index in [1.165, 1.54) is 11.1 Å². The molecule has 0 aliphatic carbocycles. The normalized spacial score (nSPS) is 16.0. The van der Waals surface area contributed by atoms with E-state index in [-0.39, 0.29) is 12.1 Å². The van der Waals surface area contributed by atoms with Crippen molar-refractivity contribution in [2.24, 2.45) is 0 Å². The summed E-state index contributed by atoms with van der Waals surface area (Å²) in [6.45, 7) is 0.